The van der Waals surface area contributed by atoms with Gasteiger partial charge < -0.3 is 4.74 Å². The maximum absolute atomic E-state index is 10.9. The minimum Gasteiger partial charge on any atom is -0.464 e. The van der Waals surface area contributed by atoms with Crippen molar-refractivity contribution < 1.29 is 9.53 Å². The van der Waals surface area contributed by atoms with Gasteiger partial charge in [0, 0.05) is 5.38 Å². The Balaban J connectivity index is 0.000000791. The van der Waals surface area contributed by atoms with Gasteiger partial charge in [0.1, 0.15) is 0 Å². The maximum atomic E-state index is 10.9. The average molecular weight is 211 g/mol. The largest absolute Gasteiger partial charge is 0.464 e. The third-order valence-corrected chi connectivity index (χ3v) is 1.89. The van der Waals surface area contributed by atoms with Crippen LogP contribution in [0.5, 0.6) is 0 Å². The molecule has 0 spiro atoms. The third kappa shape index (κ3) is 3.58. The molecule has 76 valence electrons. The molecule has 4 heteroatoms. The quantitative estimate of drug-likeness (QED) is 0.528. The van der Waals surface area contributed by atoms with E-state index in [1.807, 2.05) is 13.8 Å². The molecule has 0 saturated carbocycles. The summed E-state index contributed by atoms with van der Waals surface area (Å²) >= 11 is 1.33. The van der Waals surface area contributed by atoms with E-state index in [0.29, 0.717) is 10.7 Å². The summed E-state index contributed by atoms with van der Waals surface area (Å²) in [7, 11) is 1.33. The summed E-state index contributed by atoms with van der Waals surface area (Å²) in [6, 6.07) is 0. The zero-order valence-corrected chi connectivity index (χ0v) is 9.57. The molecule has 3 nitrogen and oxygen atoms in total. The van der Waals surface area contributed by atoms with Gasteiger partial charge >= 0.3 is 5.97 Å². The average Bonchev–Trinajstić information content (AvgIpc) is 2.69. The third-order valence-electron chi connectivity index (χ3n) is 1.13. The highest BCUT2D eigenvalue weighted by atomic mass is 32.1. The number of carbonyl (C=O) groups is 1. The van der Waals surface area contributed by atoms with Gasteiger partial charge in [0.05, 0.1) is 7.11 Å². The van der Waals surface area contributed by atoms with Crippen molar-refractivity contribution in [3.8, 4) is 11.8 Å². The van der Waals surface area contributed by atoms with Gasteiger partial charge in [-0.15, -0.1) is 11.3 Å². The SMILES string of the molecule is CC.CC#Cc1nc(C(=O)OC)cs1. The Labute approximate surface area is 88.1 Å². The molecule has 0 atom stereocenters. The fourth-order valence-corrected chi connectivity index (χ4v) is 1.32. The van der Waals surface area contributed by atoms with Crippen LogP contribution in [0.3, 0.4) is 0 Å². The van der Waals surface area contributed by atoms with Gasteiger partial charge in [-0.3, -0.25) is 0 Å². The van der Waals surface area contributed by atoms with Crippen LogP contribution in [0.4, 0.5) is 0 Å². The molecule has 0 aliphatic heterocycles. The topological polar surface area (TPSA) is 39.2 Å². The predicted molar refractivity (Wildman–Crippen MR) is 57.4 cm³/mol. The highest BCUT2D eigenvalue weighted by Crippen LogP contribution is 2.08. The molecule has 0 N–H and O–H groups in total. The van der Waals surface area contributed by atoms with Crippen LogP contribution in [0.25, 0.3) is 0 Å². The first-order valence-corrected chi connectivity index (χ1v) is 5.12. The van der Waals surface area contributed by atoms with Crippen LogP contribution < -0.4 is 0 Å². The van der Waals surface area contributed by atoms with E-state index in [4.69, 9.17) is 0 Å². The lowest BCUT2D eigenvalue weighted by Gasteiger charge is -1.89. The number of esters is 1. The van der Waals surface area contributed by atoms with Crippen LogP contribution in [0, 0.1) is 11.8 Å². The number of thiazole rings is 1. The Morgan fingerprint density at radius 1 is 1.57 bits per heavy atom. The smallest absolute Gasteiger partial charge is 0.357 e. The zero-order valence-electron chi connectivity index (χ0n) is 8.75. The molecule has 0 amide bonds. The van der Waals surface area contributed by atoms with Crippen LogP contribution in [-0.2, 0) is 4.74 Å². The lowest BCUT2D eigenvalue weighted by molar-refractivity contribution is 0.0595. The molecule has 0 aliphatic rings. The van der Waals surface area contributed by atoms with Crippen molar-refractivity contribution in [2.75, 3.05) is 7.11 Å². The molecule has 0 bridgehead atoms. The number of carbonyl (C=O) groups excluding carboxylic acids is 1. The predicted octanol–water partition coefficient (Wildman–Crippen LogP) is 2.33. The molecule has 1 heterocycles. The molecule has 0 saturated heterocycles. The number of nitrogens with zero attached hydrogens (tertiary/aromatic N) is 1. The van der Waals surface area contributed by atoms with E-state index in [9.17, 15) is 4.79 Å². The van der Waals surface area contributed by atoms with Crippen LogP contribution in [-0.4, -0.2) is 18.1 Å². The van der Waals surface area contributed by atoms with E-state index in [0.717, 1.165) is 0 Å². The summed E-state index contributed by atoms with van der Waals surface area (Å²) in [6.07, 6.45) is 0. The maximum Gasteiger partial charge on any atom is 0.357 e. The second kappa shape index (κ2) is 7.10. The fraction of sp³-hybridized carbons (Fsp3) is 0.400. The van der Waals surface area contributed by atoms with Gasteiger partial charge in [-0.25, -0.2) is 9.78 Å². The first kappa shape index (κ1) is 12.7. The summed E-state index contributed by atoms with van der Waals surface area (Å²) in [5.41, 5.74) is 0.320. The van der Waals surface area contributed by atoms with E-state index in [-0.39, 0.29) is 0 Å². The monoisotopic (exact) mass is 211 g/mol. The van der Waals surface area contributed by atoms with Gasteiger partial charge in [0.15, 0.2) is 10.7 Å². The lowest BCUT2D eigenvalue weighted by Crippen LogP contribution is -2.00. The van der Waals surface area contributed by atoms with Gasteiger partial charge in [0.2, 0.25) is 0 Å². The van der Waals surface area contributed by atoms with Crippen LogP contribution in [0.15, 0.2) is 5.38 Å². The molecular weight excluding hydrogens is 198 g/mol. The van der Waals surface area contributed by atoms with E-state index < -0.39 is 5.97 Å². The Hall–Kier alpha value is -1.34. The number of hydrogen-bond donors (Lipinski definition) is 0. The summed E-state index contributed by atoms with van der Waals surface area (Å²) in [6.45, 7) is 5.72. The van der Waals surface area contributed by atoms with Gasteiger partial charge in [0.25, 0.3) is 0 Å². The van der Waals surface area contributed by atoms with Crippen molar-refractivity contribution in [1.82, 2.24) is 4.98 Å². The van der Waals surface area contributed by atoms with Crippen molar-refractivity contribution >= 4 is 17.3 Å². The van der Waals surface area contributed by atoms with Gasteiger partial charge in [-0.2, -0.15) is 0 Å². The molecule has 0 unspecified atom stereocenters. The first-order chi connectivity index (χ1) is 6.77. The highest BCUT2D eigenvalue weighted by molar-refractivity contribution is 7.10. The second-order valence-electron chi connectivity index (χ2n) is 1.90. The standard InChI is InChI=1S/C8H7NO2S.C2H6/c1-3-4-7-9-6(5-12-7)8(10)11-2;1-2/h5H,1-2H3;1-2H3. The van der Waals surface area contributed by atoms with E-state index in [1.54, 1.807) is 12.3 Å². The molecule has 1 rings (SSSR count). The van der Waals surface area contributed by atoms with Crippen molar-refractivity contribution in [2.24, 2.45) is 0 Å². The molecule has 1 aromatic rings. The summed E-state index contributed by atoms with van der Waals surface area (Å²) in [4.78, 5) is 14.8. The molecule has 0 radical (unpaired) electrons. The Morgan fingerprint density at radius 2 is 2.21 bits per heavy atom. The van der Waals surface area contributed by atoms with E-state index in [2.05, 4.69) is 21.6 Å². The van der Waals surface area contributed by atoms with Crippen molar-refractivity contribution in [2.45, 2.75) is 20.8 Å². The summed E-state index contributed by atoms with van der Waals surface area (Å²) in [5, 5.41) is 2.27. The Morgan fingerprint density at radius 3 is 2.71 bits per heavy atom. The zero-order chi connectivity index (χ0) is 11.0. The molecular formula is C10H13NO2S. The molecule has 0 aliphatic carbocycles. The number of methoxy groups -OCH3 is 1. The van der Waals surface area contributed by atoms with Gasteiger partial charge in [-0.1, -0.05) is 19.8 Å². The van der Waals surface area contributed by atoms with Crippen molar-refractivity contribution in [3.05, 3.63) is 16.1 Å². The molecule has 0 fully saturated rings. The highest BCUT2D eigenvalue weighted by Gasteiger charge is 2.08. The first-order valence-electron chi connectivity index (χ1n) is 4.24. The molecule has 0 aromatic carbocycles. The molecule has 14 heavy (non-hydrogen) atoms. The molecule has 1 aromatic heterocycles. The van der Waals surface area contributed by atoms with Crippen molar-refractivity contribution in [3.63, 3.8) is 0 Å². The minimum absolute atomic E-state index is 0.320. The number of hydrogen-bond acceptors (Lipinski definition) is 4. The Kier molecular flexibility index (Phi) is 6.42. The Bertz CT molecular complexity index is 346. The fourth-order valence-electron chi connectivity index (χ4n) is 0.636. The number of ether oxygens (including phenoxy) is 1. The number of aromatic nitrogens is 1. The van der Waals surface area contributed by atoms with Crippen LogP contribution in [0.1, 0.15) is 36.3 Å². The van der Waals surface area contributed by atoms with Gasteiger partial charge in [-0.05, 0) is 12.8 Å². The van der Waals surface area contributed by atoms with Crippen LogP contribution >= 0.6 is 11.3 Å². The summed E-state index contributed by atoms with van der Waals surface area (Å²) < 4.78 is 4.48. The van der Waals surface area contributed by atoms with Crippen molar-refractivity contribution in [1.29, 1.82) is 0 Å². The summed E-state index contributed by atoms with van der Waals surface area (Å²) in [5.74, 6) is 5.04. The number of rotatable bonds is 1. The second-order valence-corrected chi connectivity index (χ2v) is 2.76. The van der Waals surface area contributed by atoms with Crippen LogP contribution in [0.2, 0.25) is 0 Å². The van der Waals surface area contributed by atoms with E-state index in [1.165, 1.54) is 18.4 Å². The van der Waals surface area contributed by atoms with E-state index >= 15 is 0 Å². The lowest BCUT2D eigenvalue weighted by atomic mass is 10.5. The normalized spacial score (nSPS) is 7.71. The minimum atomic E-state index is -0.421.